The molecule has 1 aliphatic rings. The number of aromatic nitrogens is 2. The Kier molecular flexibility index (Phi) is 4.14. The van der Waals surface area contributed by atoms with Gasteiger partial charge in [-0.15, -0.1) is 11.3 Å². The number of hydrogen-bond donors (Lipinski definition) is 1. The molecule has 1 N–H and O–H groups in total. The molecule has 0 saturated heterocycles. The number of nitrogens with one attached hydrogen (secondary N) is 1. The topological polar surface area (TPSA) is 61.6 Å². The number of nitrogens with zero attached hydrogens (tertiary/aromatic N) is 3. The van der Waals surface area contributed by atoms with Crippen molar-refractivity contribution >= 4 is 27.9 Å². The van der Waals surface area contributed by atoms with E-state index in [0.717, 1.165) is 36.0 Å². The third-order valence-electron chi connectivity index (χ3n) is 4.43. The van der Waals surface area contributed by atoms with Crippen LogP contribution >= 0.6 is 11.3 Å². The van der Waals surface area contributed by atoms with Crippen LogP contribution in [0.5, 0.6) is 0 Å². The van der Waals surface area contributed by atoms with Gasteiger partial charge in [0.1, 0.15) is 6.07 Å². The smallest absolute Gasteiger partial charge is 0.103 e. The number of hydrogen-bond acceptors (Lipinski definition) is 5. The summed E-state index contributed by atoms with van der Waals surface area (Å²) in [7, 11) is 0. The van der Waals surface area contributed by atoms with Gasteiger partial charge in [0.05, 0.1) is 27.5 Å². The van der Waals surface area contributed by atoms with Crippen molar-refractivity contribution in [3.63, 3.8) is 0 Å². The molecule has 0 saturated carbocycles. The highest BCUT2D eigenvalue weighted by molar-refractivity contribution is 7.11. The molecule has 3 aromatic rings. The molecule has 24 heavy (non-hydrogen) atoms. The van der Waals surface area contributed by atoms with Gasteiger partial charge in [0.25, 0.3) is 0 Å². The van der Waals surface area contributed by atoms with Gasteiger partial charge in [-0.2, -0.15) is 5.26 Å². The molecule has 2 heterocycles. The van der Waals surface area contributed by atoms with E-state index in [2.05, 4.69) is 16.4 Å². The number of benzene rings is 1. The van der Waals surface area contributed by atoms with E-state index >= 15 is 0 Å². The average molecular weight is 334 g/mol. The van der Waals surface area contributed by atoms with E-state index in [1.807, 2.05) is 35.6 Å². The van der Waals surface area contributed by atoms with E-state index in [4.69, 9.17) is 4.98 Å². The first-order valence-corrected chi connectivity index (χ1v) is 9.16. The lowest BCUT2D eigenvalue weighted by Crippen LogP contribution is -2.07. The van der Waals surface area contributed by atoms with Crippen LogP contribution in [0.3, 0.4) is 0 Å². The quantitative estimate of drug-likeness (QED) is 0.780. The van der Waals surface area contributed by atoms with E-state index < -0.39 is 0 Å². The maximum atomic E-state index is 9.36. The van der Waals surface area contributed by atoms with Crippen LogP contribution in [-0.2, 0) is 19.3 Å². The van der Waals surface area contributed by atoms with Gasteiger partial charge in [0, 0.05) is 29.4 Å². The van der Waals surface area contributed by atoms with E-state index in [9.17, 15) is 5.26 Å². The average Bonchev–Trinajstić information content (AvgIpc) is 3.04. The molecule has 0 fully saturated rings. The highest BCUT2D eigenvalue weighted by Crippen LogP contribution is 2.28. The number of fused-ring (bicyclic) bond motifs is 2. The van der Waals surface area contributed by atoms with E-state index in [-0.39, 0.29) is 0 Å². The first kappa shape index (κ1) is 15.1. The Morgan fingerprint density at radius 2 is 2.08 bits per heavy atom. The number of aryl methyl sites for hydroxylation is 2. The van der Waals surface area contributed by atoms with Crippen LogP contribution in [0.4, 0.5) is 5.69 Å². The van der Waals surface area contributed by atoms with Crippen LogP contribution in [-0.4, -0.2) is 16.5 Å². The predicted octanol–water partition coefficient (Wildman–Crippen LogP) is 4.10. The van der Waals surface area contributed by atoms with Crippen LogP contribution in [0, 0.1) is 11.3 Å². The molecule has 2 aromatic heterocycles. The number of nitriles is 1. The molecule has 1 aliphatic carbocycles. The summed E-state index contributed by atoms with van der Waals surface area (Å²) in [6, 6.07) is 10.2. The van der Waals surface area contributed by atoms with Gasteiger partial charge in [-0.1, -0.05) is 18.2 Å². The monoisotopic (exact) mass is 334 g/mol. The van der Waals surface area contributed by atoms with Crippen molar-refractivity contribution in [2.45, 2.75) is 32.1 Å². The Morgan fingerprint density at radius 1 is 1.21 bits per heavy atom. The molecule has 0 bridgehead atoms. The molecule has 0 aliphatic heterocycles. The molecule has 0 spiro atoms. The number of rotatable bonds is 4. The van der Waals surface area contributed by atoms with Crippen molar-refractivity contribution in [1.82, 2.24) is 9.97 Å². The summed E-state index contributed by atoms with van der Waals surface area (Å²) in [5.41, 5.74) is 3.69. The zero-order valence-corrected chi connectivity index (χ0v) is 14.2. The summed E-state index contributed by atoms with van der Waals surface area (Å²) in [5.74, 6) is 0. The second kappa shape index (κ2) is 6.58. The lowest BCUT2D eigenvalue weighted by atomic mass is 10.0. The van der Waals surface area contributed by atoms with Gasteiger partial charge in [-0.05, 0) is 31.7 Å². The molecule has 0 amide bonds. The number of anilines is 1. The fourth-order valence-corrected chi connectivity index (χ4v) is 4.38. The summed E-state index contributed by atoms with van der Waals surface area (Å²) in [4.78, 5) is 10.6. The Bertz CT molecular complexity index is 899. The largest absolute Gasteiger partial charge is 0.383 e. The van der Waals surface area contributed by atoms with E-state index in [0.29, 0.717) is 5.56 Å². The van der Waals surface area contributed by atoms with Crippen molar-refractivity contribution in [3.8, 4) is 6.07 Å². The van der Waals surface area contributed by atoms with Gasteiger partial charge < -0.3 is 5.32 Å². The molecule has 0 atom stereocenters. The summed E-state index contributed by atoms with van der Waals surface area (Å²) < 4.78 is 0. The summed E-state index contributed by atoms with van der Waals surface area (Å²) in [5, 5.41) is 15.0. The molecular formula is C19H18N4S. The number of para-hydroxylation sites is 1. The minimum absolute atomic E-state index is 0.590. The fraction of sp³-hybridized carbons (Fsp3) is 0.316. The molecule has 4 nitrogen and oxygen atoms in total. The van der Waals surface area contributed by atoms with Gasteiger partial charge in [0.2, 0.25) is 0 Å². The molecule has 120 valence electrons. The van der Waals surface area contributed by atoms with Crippen molar-refractivity contribution in [2.24, 2.45) is 0 Å². The summed E-state index contributed by atoms with van der Waals surface area (Å²) >= 11 is 1.86. The lowest BCUT2D eigenvalue weighted by molar-refractivity contribution is 0.680. The van der Waals surface area contributed by atoms with Crippen molar-refractivity contribution in [2.75, 3.05) is 11.9 Å². The minimum Gasteiger partial charge on any atom is -0.383 e. The van der Waals surface area contributed by atoms with Crippen LogP contribution in [0.2, 0.25) is 0 Å². The van der Waals surface area contributed by atoms with Crippen LogP contribution in [0.15, 0.2) is 30.5 Å². The van der Waals surface area contributed by atoms with Crippen LogP contribution in [0.1, 0.15) is 34.0 Å². The van der Waals surface area contributed by atoms with Gasteiger partial charge in [-0.25, -0.2) is 4.98 Å². The van der Waals surface area contributed by atoms with Crippen molar-refractivity contribution in [3.05, 3.63) is 51.6 Å². The van der Waals surface area contributed by atoms with Crippen LogP contribution in [0.25, 0.3) is 10.9 Å². The molecule has 0 unspecified atom stereocenters. The minimum atomic E-state index is 0.590. The Hall–Kier alpha value is -2.45. The number of thiazole rings is 1. The molecular weight excluding hydrogens is 316 g/mol. The first-order chi connectivity index (χ1) is 11.8. The number of pyridine rings is 1. The SMILES string of the molecule is N#Cc1cnc2ccccc2c1NCCc1nc2c(s1)CCCC2. The van der Waals surface area contributed by atoms with Crippen molar-refractivity contribution < 1.29 is 0 Å². The van der Waals surface area contributed by atoms with E-state index in [1.165, 1.54) is 34.8 Å². The highest BCUT2D eigenvalue weighted by atomic mass is 32.1. The summed E-state index contributed by atoms with van der Waals surface area (Å²) in [6.45, 7) is 0.773. The molecule has 1 aromatic carbocycles. The van der Waals surface area contributed by atoms with Gasteiger partial charge in [0.15, 0.2) is 0 Å². The zero-order valence-electron chi connectivity index (χ0n) is 13.4. The second-order valence-electron chi connectivity index (χ2n) is 6.04. The fourth-order valence-electron chi connectivity index (χ4n) is 3.22. The highest BCUT2D eigenvalue weighted by Gasteiger charge is 2.15. The maximum Gasteiger partial charge on any atom is 0.103 e. The first-order valence-electron chi connectivity index (χ1n) is 8.34. The Labute approximate surface area is 145 Å². The molecule has 0 radical (unpaired) electrons. The Balaban J connectivity index is 1.52. The lowest BCUT2D eigenvalue weighted by Gasteiger charge is -2.10. The third kappa shape index (κ3) is 2.85. The Morgan fingerprint density at radius 3 is 2.96 bits per heavy atom. The van der Waals surface area contributed by atoms with Gasteiger partial charge in [-0.3, -0.25) is 4.98 Å². The molecule has 4 rings (SSSR count). The normalized spacial score (nSPS) is 13.5. The van der Waals surface area contributed by atoms with Crippen LogP contribution < -0.4 is 5.32 Å². The van der Waals surface area contributed by atoms with Gasteiger partial charge >= 0.3 is 0 Å². The summed E-state index contributed by atoms with van der Waals surface area (Å²) in [6.07, 6.45) is 7.41. The maximum absolute atomic E-state index is 9.36. The zero-order chi connectivity index (χ0) is 16.4. The molecule has 5 heteroatoms. The second-order valence-corrected chi connectivity index (χ2v) is 7.21. The standard InChI is InChI=1S/C19H18N4S/c20-11-13-12-22-15-6-2-1-5-14(15)19(13)21-10-9-18-23-16-7-3-4-8-17(16)24-18/h1-2,5-6,12H,3-4,7-10H2,(H,21,22). The predicted molar refractivity (Wildman–Crippen MR) is 97.4 cm³/mol. The van der Waals surface area contributed by atoms with Crippen molar-refractivity contribution in [1.29, 1.82) is 5.26 Å². The van der Waals surface area contributed by atoms with E-state index in [1.54, 1.807) is 6.20 Å². The third-order valence-corrected chi connectivity index (χ3v) is 5.64.